The van der Waals surface area contributed by atoms with Crippen molar-refractivity contribution >= 4 is 0 Å². The van der Waals surface area contributed by atoms with Gasteiger partial charge in [-0.25, -0.2) is 4.98 Å². The van der Waals surface area contributed by atoms with E-state index >= 15 is 0 Å². The van der Waals surface area contributed by atoms with Crippen molar-refractivity contribution in [2.45, 2.75) is 38.8 Å². The van der Waals surface area contributed by atoms with E-state index in [0.717, 1.165) is 18.9 Å². The van der Waals surface area contributed by atoms with E-state index in [1.807, 2.05) is 0 Å². The van der Waals surface area contributed by atoms with Gasteiger partial charge in [-0.05, 0) is 25.9 Å². The molecule has 2 rings (SSSR count). The smallest absolute Gasteiger partial charge is 0.196 e. The summed E-state index contributed by atoms with van der Waals surface area (Å²) < 4.78 is 5.40. The summed E-state index contributed by atoms with van der Waals surface area (Å²) in [5.74, 6) is 1.32. The Balaban J connectivity index is 1.95. The molecule has 1 aromatic heterocycles. The molecule has 0 saturated carbocycles. The first-order chi connectivity index (χ1) is 7.33. The topological polar surface area (TPSA) is 49.5 Å². The Morgan fingerprint density at radius 1 is 1.67 bits per heavy atom. The van der Waals surface area contributed by atoms with E-state index in [1.54, 1.807) is 6.20 Å². The number of nitrogens with zero attached hydrogens (tertiary/aromatic N) is 2. The molecule has 1 unspecified atom stereocenters. The molecular formula is C11H18N2O2. The van der Waals surface area contributed by atoms with Gasteiger partial charge < -0.3 is 14.4 Å². The summed E-state index contributed by atoms with van der Waals surface area (Å²) in [5, 5.41) is 8.87. The second kappa shape index (κ2) is 4.77. The van der Waals surface area contributed by atoms with Gasteiger partial charge in [-0.3, -0.25) is 0 Å². The fourth-order valence-corrected chi connectivity index (χ4v) is 2.26. The summed E-state index contributed by atoms with van der Waals surface area (Å²) in [6.45, 7) is 4.41. The van der Waals surface area contributed by atoms with Crippen LogP contribution in [0.15, 0.2) is 10.6 Å². The van der Waals surface area contributed by atoms with Crippen LogP contribution in [0.5, 0.6) is 0 Å². The number of likely N-dealkylation sites (tertiary alicyclic amines) is 1. The van der Waals surface area contributed by atoms with Gasteiger partial charge in [-0.15, -0.1) is 0 Å². The third kappa shape index (κ3) is 2.38. The van der Waals surface area contributed by atoms with Crippen molar-refractivity contribution in [3.8, 4) is 0 Å². The molecule has 0 amide bonds. The molecule has 84 valence electrons. The van der Waals surface area contributed by atoms with Gasteiger partial charge in [0.15, 0.2) is 5.89 Å². The lowest BCUT2D eigenvalue weighted by molar-refractivity contribution is 0.230. The molecule has 0 bridgehead atoms. The first-order valence-corrected chi connectivity index (χ1v) is 5.62. The summed E-state index contributed by atoms with van der Waals surface area (Å²) in [7, 11) is 0. The van der Waals surface area contributed by atoms with E-state index < -0.39 is 0 Å². The largest absolute Gasteiger partial charge is 0.443 e. The van der Waals surface area contributed by atoms with E-state index in [9.17, 15) is 0 Å². The Kier molecular flexibility index (Phi) is 3.38. The summed E-state index contributed by atoms with van der Waals surface area (Å²) >= 11 is 0. The van der Waals surface area contributed by atoms with Gasteiger partial charge in [0.1, 0.15) is 12.4 Å². The van der Waals surface area contributed by atoms with Crippen molar-refractivity contribution in [1.82, 2.24) is 9.88 Å². The zero-order valence-electron chi connectivity index (χ0n) is 9.15. The highest BCUT2D eigenvalue weighted by atomic mass is 16.4. The van der Waals surface area contributed by atoms with Gasteiger partial charge in [0.05, 0.1) is 6.20 Å². The third-order valence-electron chi connectivity index (χ3n) is 3.07. The van der Waals surface area contributed by atoms with Gasteiger partial charge in [0, 0.05) is 12.5 Å². The fraction of sp³-hybridized carbons (Fsp3) is 0.727. The lowest BCUT2D eigenvalue weighted by Crippen LogP contribution is -2.30. The fourth-order valence-electron chi connectivity index (χ4n) is 2.26. The van der Waals surface area contributed by atoms with Gasteiger partial charge in [-0.1, -0.05) is 6.92 Å². The molecule has 1 aliphatic heterocycles. The number of aromatic nitrogens is 1. The number of rotatable bonds is 4. The molecule has 15 heavy (non-hydrogen) atoms. The molecule has 4 heteroatoms. The molecule has 4 nitrogen and oxygen atoms in total. The lowest BCUT2D eigenvalue weighted by Gasteiger charge is -2.21. The highest BCUT2D eigenvalue weighted by molar-refractivity contribution is 4.95. The minimum Gasteiger partial charge on any atom is -0.443 e. The van der Waals surface area contributed by atoms with Crippen LogP contribution >= 0.6 is 0 Å². The first kappa shape index (κ1) is 10.6. The van der Waals surface area contributed by atoms with Crippen LogP contribution in [-0.4, -0.2) is 34.1 Å². The van der Waals surface area contributed by atoms with E-state index in [4.69, 9.17) is 9.52 Å². The standard InChI is InChI=1S/C11H18N2O2/c1-2-13-5-3-4-9(13)6-11-12-7-10(8-14)15-11/h7,9,14H,2-6,8H2,1H3. The number of hydrogen-bond donors (Lipinski definition) is 1. The summed E-state index contributed by atoms with van der Waals surface area (Å²) in [6, 6.07) is 0.570. The van der Waals surface area contributed by atoms with Gasteiger partial charge >= 0.3 is 0 Å². The molecule has 1 saturated heterocycles. The van der Waals surface area contributed by atoms with Crippen molar-refractivity contribution in [2.75, 3.05) is 13.1 Å². The zero-order chi connectivity index (χ0) is 10.7. The summed E-state index contributed by atoms with van der Waals surface area (Å²) in [5.41, 5.74) is 0. The maximum Gasteiger partial charge on any atom is 0.196 e. The monoisotopic (exact) mass is 210 g/mol. The van der Waals surface area contributed by atoms with Crippen LogP contribution < -0.4 is 0 Å². The predicted molar refractivity (Wildman–Crippen MR) is 56.4 cm³/mol. The Hall–Kier alpha value is -0.870. The zero-order valence-corrected chi connectivity index (χ0v) is 9.15. The Labute approximate surface area is 89.9 Å². The SMILES string of the molecule is CCN1CCCC1Cc1ncc(CO)o1. The molecule has 1 aromatic rings. The molecule has 0 aliphatic carbocycles. The second-order valence-corrected chi connectivity index (χ2v) is 4.01. The van der Waals surface area contributed by atoms with Crippen molar-refractivity contribution < 1.29 is 9.52 Å². The molecule has 0 aromatic carbocycles. The van der Waals surface area contributed by atoms with Crippen LogP contribution in [0.4, 0.5) is 0 Å². The first-order valence-electron chi connectivity index (χ1n) is 5.62. The quantitative estimate of drug-likeness (QED) is 0.811. The van der Waals surface area contributed by atoms with Crippen molar-refractivity contribution in [3.63, 3.8) is 0 Å². The van der Waals surface area contributed by atoms with E-state index in [1.165, 1.54) is 19.4 Å². The molecule has 1 N–H and O–H groups in total. The van der Waals surface area contributed by atoms with E-state index in [0.29, 0.717) is 11.8 Å². The van der Waals surface area contributed by atoms with Gasteiger partial charge in [0.2, 0.25) is 0 Å². The summed E-state index contributed by atoms with van der Waals surface area (Å²) in [6.07, 6.45) is 4.98. The number of aliphatic hydroxyl groups excluding tert-OH is 1. The van der Waals surface area contributed by atoms with Crippen LogP contribution in [0.2, 0.25) is 0 Å². The van der Waals surface area contributed by atoms with Crippen molar-refractivity contribution in [3.05, 3.63) is 17.8 Å². The number of oxazole rings is 1. The third-order valence-corrected chi connectivity index (χ3v) is 3.07. The molecule has 1 atom stereocenters. The average Bonchev–Trinajstić information content (AvgIpc) is 2.87. The van der Waals surface area contributed by atoms with Crippen LogP contribution in [0.3, 0.4) is 0 Å². The minimum absolute atomic E-state index is 0.0604. The lowest BCUT2D eigenvalue weighted by atomic mass is 10.1. The van der Waals surface area contributed by atoms with E-state index in [2.05, 4.69) is 16.8 Å². The highest BCUT2D eigenvalue weighted by Crippen LogP contribution is 2.20. The van der Waals surface area contributed by atoms with E-state index in [-0.39, 0.29) is 6.61 Å². The molecule has 0 spiro atoms. The molecule has 2 heterocycles. The minimum atomic E-state index is -0.0604. The molecular weight excluding hydrogens is 192 g/mol. The van der Waals surface area contributed by atoms with Crippen LogP contribution in [0.1, 0.15) is 31.4 Å². The normalized spacial score (nSPS) is 22.4. The number of likely N-dealkylation sites (N-methyl/N-ethyl adjacent to an activating group) is 1. The highest BCUT2D eigenvalue weighted by Gasteiger charge is 2.24. The van der Waals surface area contributed by atoms with Crippen LogP contribution in [0, 0.1) is 0 Å². The van der Waals surface area contributed by atoms with Gasteiger partial charge in [-0.2, -0.15) is 0 Å². The maximum absolute atomic E-state index is 8.87. The van der Waals surface area contributed by atoms with Crippen molar-refractivity contribution in [2.24, 2.45) is 0 Å². The molecule has 0 radical (unpaired) electrons. The van der Waals surface area contributed by atoms with Crippen molar-refractivity contribution in [1.29, 1.82) is 0 Å². The van der Waals surface area contributed by atoms with Crippen LogP contribution in [0.25, 0.3) is 0 Å². The van der Waals surface area contributed by atoms with Gasteiger partial charge in [0.25, 0.3) is 0 Å². The molecule has 1 fully saturated rings. The predicted octanol–water partition coefficient (Wildman–Crippen LogP) is 1.19. The Bertz CT molecular complexity index is 311. The second-order valence-electron chi connectivity index (χ2n) is 4.01. The maximum atomic E-state index is 8.87. The number of hydrogen-bond acceptors (Lipinski definition) is 4. The molecule has 1 aliphatic rings. The number of aliphatic hydroxyl groups is 1. The Morgan fingerprint density at radius 2 is 2.53 bits per heavy atom. The average molecular weight is 210 g/mol. The van der Waals surface area contributed by atoms with Crippen LogP contribution in [-0.2, 0) is 13.0 Å². The Morgan fingerprint density at radius 3 is 3.20 bits per heavy atom. The summed E-state index contributed by atoms with van der Waals surface area (Å²) in [4.78, 5) is 6.63.